The second-order valence-corrected chi connectivity index (χ2v) is 5.43. The lowest BCUT2D eigenvalue weighted by Gasteiger charge is -2.20. The number of aromatic nitrogens is 1. The Morgan fingerprint density at radius 1 is 1.44 bits per heavy atom. The molecular weight excluding hydrogens is 246 g/mol. The number of anilines is 1. The molecule has 0 saturated carbocycles. The Morgan fingerprint density at radius 2 is 2.17 bits per heavy atom. The zero-order valence-electron chi connectivity index (χ0n) is 11.8. The fourth-order valence-electron chi connectivity index (χ4n) is 1.64. The van der Waals surface area contributed by atoms with Crippen LogP contribution in [-0.4, -0.2) is 25.1 Å². The molecule has 0 saturated heterocycles. The SMILES string of the molecule is CCNCc1cc(N(C)CCC(C)C)ncc1Cl. The Labute approximate surface area is 116 Å². The maximum absolute atomic E-state index is 6.14. The molecule has 0 aliphatic carbocycles. The summed E-state index contributed by atoms with van der Waals surface area (Å²) in [6.45, 7) is 9.32. The van der Waals surface area contributed by atoms with Crippen molar-refractivity contribution in [3.63, 3.8) is 0 Å². The second kappa shape index (κ2) is 7.59. The van der Waals surface area contributed by atoms with Crippen LogP contribution in [-0.2, 0) is 6.54 Å². The van der Waals surface area contributed by atoms with Crippen molar-refractivity contribution >= 4 is 17.4 Å². The molecule has 0 spiro atoms. The molecule has 0 bridgehead atoms. The molecule has 1 aromatic rings. The van der Waals surface area contributed by atoms with Gasteiger partial charge in [-0.1, -0.05) is 32.4 Å². The van der Waals surface area contributed by atoms with E-state index in [1.807, 2.05) is 0 Å². The molecule has 102 valence electrons. The van der Waals surface area contributed by atoms with Crippen molar-refractivity contribution in [2.24, 2.45) is 5.92 Å². The lowest BCUT2D eigenvalue weighted by atomic mass is 10.1. The van der Waals surface area contributed by atoms with Crippen molar-refractivity contribution in [1.82, 2.24) is 10.3 Å². The predicted octanol–water partition coefficient (Wildman–Crippen LogP) is 3.33. The van der Waals surface area contributed by atoms with Gasteiger partial charge in [0.2, 0.25) is 0 Å². The quantitative estimate of drug-likeness (QED) is 0.823. The molecule has 1 aromatic heterocycles. The van der Waals surface area contributed by atoms with Gasteiger partial charge in [0.15, 0.2) is 0 Å². The van der Waals surface area contributed by atoms with Crippen LogP contribution in [0.1, 0.15) is 32.8 Å². The van der Waals surface area contributed by atoms with E-state index in [2.05, 4.69) is 49.1 Å². The number of halogens is 1. The Balaban J connectivity index is 2.70. The van der Waals surface area contributed by atoms with Crippen LogP contribution in [0.2, 0.25) is 5.02 Å². The van der Waals surface area contributed by atoms with Crippen LogP contribution in [0.4, 0.5) is 5.82 Å². The Hall–Kier alpha value is -0.800. The van der Waals surface area contributed by atoms with Gasteiger partial charge in [0.25, 0.3) is 0 Å². The lowest BCUT2D eigenvalue weighted by Crippen LogP contribution is -2.21. The van der Waals surface area contributed by atoms with Crippen LogP contribution in [0.5, 0.6) is 0 Å². The van der Waals surface area contributed by atoms with E-state index in [0.29, 0.717) is 5.92 Å². The molecule has 0 aliphatic rings. The van der Waals surface area contributed by atoms with Gasteiger partial charge in [-0.15, -0.1) is 0 Å². The Morgan fingerprint density at radius 3 is 2.78 bits per heavy atom. The van der Waals surface area contributed by atoms with Crippen molar-refractivity contribution in [2.45, 2.75) is 33.7 Å². The van der Waals surface area contributed by atoms with Crippen molar-refractivity contribution < 1.29 is 0 Å². The summed E-state index contributed by atoms with van der Waals surface area (Å²) in [5.74, 6) is 1.70. The van der Waals surface area contributed by atoms with Crippen LogP contribution in [0, 0.1) is 5.92 Å². The van der Waals surface area contributed by atoms with E-state index < -0.39 is 0 Å². The first-order chi connectivity index (χ1) is 8.54. The molecule has 1 N–H and O–H groups in total. The first-order valence-corrected chi connectivity index (χ1v) is 6.98. The summed E-state index contributed by atoms with van der Waals surface area (Å²) in [5, 5.41) is 4.02. The van der Waals surface area contributed by atoms with Gasteiger partial charge in [-0.05, 0) is 30.5 Å². The monoisotopic (exact) mass is 269 g/mol. The second-order valence-electron chi connectivity index (χ2n) is 5.02. The molecule has 0 amide bonds. The van der Waals surface area contributed by atoms with E-state index in [1.54, 1.807) is 6.20 Å². The van der Waals surface area contributed by atoms with Gasteiger partial charge in [-0.25, -0.2) is 4.98 Å². The minimum atomic E-state index is 0.709. The van der Waals surface area contributed by atoms with Gasteiger partial charge in [-0.2, -0.15) is 0 Å². The van der Waals surface area contributed by atoms with Crippen molar-refractivity contribution in [2.75, 3.05) is 25.0 Å². The molecular formula is C14H24ClN3. The number of pyridine rings is 1. The van der Waals surface area contributed by atoms with E-state index in [-0.39, 0.29) is 0 Å². The van der Waals surface area contributed by atoms with Crippen molar-refractivity contribution in [3.8, 4) is 0 Å². The highest BCUT2D eigenvalue weighted by Crippen LogP contribution is 2.20. The predicted molar refractivity (Wildman–Crippen MR) is 79.4 cm³/mol. The van der Waals surface area contributed by atoms with E-state index in [9.17, 15) is 0 Å². The van der Waals surface area contributed by atoms with E-state index in [4.69, 9.17) is 11.6 Å². The minimum Gasteiger partial charge on any atom is -0.360 e. The van der Waals surface area contributed by atoms with E-state index >= 15 is 0 Å². The fraction of sp³-hybridized carbons (Fsp3) is 0.643. The molecule has 0 radical (unpaired) electrons. The zero-order valence-corrected chi connectivity index (χ0v) is 12.6. The Kier molecular flexibility index (Phi) is 6.44. The molecule has 4 heteroatoms. The highest BCUT2D eigenvalue weighted by atomic mass is 35.5. The molecule has 0 aromatic carbocycles. The van der Waals surface area contributed by atoms with Crippen molar-refractivity contribution in [1.29, 1.82) is 0 Å². The minimum absolute atomic E-state index is 0.709. The van der Waals surface area contributed by atoms with Gasteiger partial charge in [0, 0.05) is 26.3 Å². The summed E-state index contributed by atoms with van der Waals surface area (Å²) in [4.78, 5) is 6.58. The summed E-state index contributed by atoms with van der Waals surface area (Å²) >= 11 is 6.14. The number of hydrogen-bond acceptors (Lipinski definition) is 3. The highest BCUT2D eigenvalue weighted by Gasteiger charge is 2.07. The normalized spacial score (nSPS) is 11.0. The van der Waals surface area contributed by atoms with E-state index in [0.717, 1.165) is 36.0 Å². The van der Waals surface area contributed by atoms with Crippen LogP contribution >= 0.6 is 11.6 Å². The molecule has 0 fully saturated rings. The Bertz CT molecular complexity index is 366. The summed E-state index contributed by atoms with van der Waals surface area (Å²) in [7, 11) is 2.08. The number of nitrogens with one attached hydrogen (secondary N) is 1. The maximum atomic E-state index is 6.14. The van der Waals surface area contributed by atoms with Crippen LogP contribution < -0.4 is 10.2 Å². The molecule has 3 nitrogen and oxygen atoms in total. The zero-order chi connectivity index (χ0) is 13.5. The number of nitrogens with zero attached hydrogens (tertiary/aromatic N) is 2. The standard InChI is InChI=1S/C14H24ClN3/c1-5-16-9-12-8-14(17-10-13(12)15)18(4)7-6-11(2)3/h8,10-11,16H,5-7,9H2,1-4H3. The number of hydrogen-bond donors (Lipinski definition) is 1. The first-order valence-electron chi connectivity index (χ1n) is 6.60. The third-order valence-electron chi connectivity index (χ3n) is 2.92. The van der Waals surface area contributed by atoms with Gasteiger partial charge < -0.3 is 10.2 Å². The molecule has 0 unspecified atom stereocenters. The topological polar surface area (TPSA) is 28.2 Å². The molecule has 18 heavy (non-hydrogen) atoms. The van der Waals surface area contributed by atoms with E-state index in [1.165, 1.54) is 6.42 Å². The van der Waals surface area contributed by atoms with Crippen LogP contribution in [0.25, 0.3) is 0 Å². The van der Waals surface area contributed by atoms with Crippen LogP contribution in [0.3, 0.4) is 0 Å². The average molecular weight is 270 g/mol. The van der Waals surface area contributed by atoms with Gasteiger partial charge in [-0.3, -0.25) is 0 Å². The summed E-state index contributed by atoms with van der Waals surface area (Å²) < 4.78 is 0. The molecule has 0 aliphatic heterocycles. The highest BCUT2D eigenvalue weighted by molar-refractivity contribution is 6.31. The molecule has 1 rings (SSSR count). The summed E-state index contributed by atoms with van der Waals surface area (Å²) in [6, 6.07) is 2.07. The molecule has 1 heterocycles. The van der Waals surface area contributed by atoms with Gasteiger partial charge in [0.05, 0.1) is 5.02 Å². The summed E-state index contributed by atoms with van der Waals surface area (Å²) in [5.41, 5.74) is 1.11. The van der Waals surface area contributed by atoms with Crippen molar-refractivity contribution in [3.05, 3.63) is 22.8 Å². The first kappa shape index (κ1) is 15.3. The third kappa shape index (κ3) is 4.83. The summed E-state index contributed by atoms with van der Waals surface area (Å²) in [6.07, 6.45) is 2.92. The van der Waals surface area contributed by atoms with Gasteiger partial charge in [0.1, 0.15) is 5.82 Å². The fourth-order valence-corrected chi connectivity index (χ4v) is 1.81. The smallest absolute Gasteiger partial charge is 0.128 e. The third-order valence-corrected chi connectivity index (χ3v) is 3.26. The lowest BCUT2D eigenvalue weighted by molar-refractivity contribution is 0.583. The number of rotatable bonds is 7. The maximum Gasteiger partial charge on any atom is 0.128 e. The average Bonchev–Trinajstić information content (AvgIpc) is 2.35. The van der Waals surface area contributed by atoms with Crippen LogP contribution in [0.15, 0.2) is 12.3 Å². The largest absolute Gasteiger partial charge is 0.360 e. The molecule has 0 atom stereocenters. The van der Waals surface area contributed by atoms with Gasteiger partial charge >= 0.3 is 0 Å².